The maximum atomic E-state index is 13.5. The van der Waals surface area contributed by atoms with Crippen molar-refractivity contribution in [1.29, 1.82) is 0 Å². The molecule has 1 N–H and O–H groups in total. The van der Waals surface area contributed by atoms with Gasteiger partial charge in [0.05, 0.1) is 31.0 Å². The van der Waals surface area contributed by atoms with Gasteiger partial charge in [0, 0.05) is 58.5 Å². The number of carbonyl (C=O) groups is 4. The maximum Gasteiger partial charge on any atom is 0.330 e. The van der Waals surface area contributed by atoms with E-state index < -0.39 is 121 Å². The van der Waals surface area contributed by atoms with Gasteiger partial charge in [0.25, 0.3) is 0 Å². The molecule has 0 spiro atoms. The second-order valence-corrected chi connectivity index (χ2v) is 15.8. The van der Waals surface area contributed by atoms with Crippen LogP contribution < -0.4 is 0 Å². The molecule has 16 heteroatoms. The number of ether oxygens (including phenoxy) is 11. The van der Waals surface area contributed by atoms with E-state index in [1.807, 2.05) is 20.8 Å². The Labute approximate surface area is 336 Å². The normalized spacial score (nSPS) is 42.9. The third-order valence-corrected chi connectivity index (χ3v) is 11.2. The number of fused-ring (bicyclic) bond motifs is 1. The third kappa shape index (κ3) is 12.1. The molecule has 0 aromatic heterocycles. The Hall–Kier alpha value is -2.80. The zero-order chi connectivity index (χ0) is 42.2. The number of hydrogen-bond donors (Lipinski definition) is 1. The van der Waals surface area contributed by atoms with Crippen molar-refractivity contribution in [2.45, 2.75) is 166 Å². The van der Waals surface area contributed by atoms with Gasteiger partial charge in [-0.15, -0.1) is 0 Å². The average Bonchev–Trinajstić information content (AvgIpc) is 3.94. The molecule has 0 aliphatic carbocycles. The van der Waals surface area contributed by atoms with Gasteiger partial charge in [-0.2, -0.15) is 0 Å². The SMILES string of the molecule is CCC(=O)O[C@@H]1[C@H](O[C@@H]2[C@@H](C)/C=C/C(=O)O[C@H](C)[C@@H](CO[C@@H]3O[C@H](C)[C@@H](OC(=O)CC)[C@H](OC)[C@H]3OC)[C@@H]3O[C@H]3/C=C/C(=O)[C@@](C)(O)C[C@@H]2C)O[C@H](C)C[C@@H]1OC. The summed E-state index contributed by atoms with van der Waals surface area (Å²) >= 11 is 0. The second kappa shape index (κ2) is 20.9. The Morgan fingerprint density at radius 2 is 1.44 bits per heavy atom. The molecule has 0 aromatic carbocycles. The lowest BCUT2D eigenvalue weighted by molar-refractivity contribution is -0.307. The molecular weight excluding hydrogens is 748 g/mol. The largest absolute Gasteiger partial charge is 0.459 e. The van der Waals surface area contributed by atoms with Crippen molar-refractivity contribution in [2.75, 3.05) is 27.9 Å². The Kier molecular flexibility index (Phi) is 17.2. The van der Waals surface area contributed by atoms with Crippen LogP contribution in [0.5, 0.6) is 0 Å². The lowest BCUT2D eigenvalue weighted by Gasteiger charge is -2.44. The second-order valence-electron chi connectivity index (χ2n) is 15.8. The van der Waals surface area contributed by atoms with Gasteiger partial charge in [0.1, 0.15) is 36.1 Å². The first-order valence-electron chi connectivity index (χ1n) is 20.0. The van der Waals surface area contributed by atoms with Crippen LogP contribution in [0.3, 0.4) is 0 Å². The number of hydrogen-bond acceptors (Lipinski definition) is 16. The predicted octanol–water partition coefficient (Wildman–Crippen LogP) is 3.38. The number of carbonyl (C=O) groups excluding carboxylic acids is 4. The summed E-state index contributed by atoms with van der Waals surface area (Å²) in [6.45, 7) is 13.8. The molecule has 17 atom stereocenters. The minimum absolute atomic E-state index is 0.0112. The zero-order valence-corrected chi connectivity index (χ0v) is 35.2. The minimum atomic E-state index is -1.80. The standard InChI is InChI=1S/C41H64O16/c1-12-30(43)55-34-25(7)53-39(38(49-11)37(34)48-10)50-20-26-24(6)52-32(45)17-14-21(3)33(22(4)19-41(8,46)29(42)16-15-27-35(26)54-27)57-40-36(56-31(44)13-2)28(47-9)18-23(5)51-40/h14-17,21-28,33-40,46H,12-13,18-20H2,1-11H3/b16-15+,17-14+/t21-,22-,23+,24+,25+,26+,27-,28-,33+,34+,35-,36-,37-,38+,39+,40-,41-/m0/s1. The van der Waals surface area contributed by atoms with Crippen molar-refractivity contribution < 1.29 is 76.4 Å². The Morgan fingerprint density at radius 3 is 2.05 bits per heavy atom. The molecule has 0 bridgehead atoms. The summed E-state index contributed by atoms with van der Waals surface area (Å²) in [5.74, 6) is -3.50. The molecule has 3 fully saturated rings. The summed E-state index contributed by atoms with van der Waals surface area (Å²) in [4.78, 5) is 51.6. The Morgan fingerprint density at radius 1 is 0.789 bits per heavy atom. The summed E-state index contributed by atoms with van der Waals surface area (Å²) in [7, 11) is 4.49. The van der Waals surface area contributed by atoms with Gasteiger partial charge in [-0.25, -0.2) is 4.79 Å². The topological polar surface area (TPSA) is 193 Å². The molecule has 16 nitrogen and oxygen atoms in total. The number of methoxy groups -OCH3 is 3. The molecule has 324 valence electrons. The van der Waals surface area contributed by atoms with E-state index in [0.29, 0.717) is 6.42 Å². The lowest BCUT2D eigenvalue weighted by atomic mass is 9.82. The molecule has 0 unspecified atom stereocenters. The van der Waals surface area contributed by atoms with E-state index in [9.17, 15) is 24.3 Å². The maximum absolute atomic E-state index is 13.5. The van der Waals surface area contributed by atoms with Crippen molar-refractivity contribution in [1.82, 2.24) is 0 Å². The van der Waals surface area contributed by atoms with E-state index in [1.54, 1.807) is 39.8 Å². The van der Waals surface area contributed by atoms with Crippen molar-refractivity contribution >= 4 is 23.7 Å². The van der Waals surface area contributed by atoms with Gasteiger partial charge in [-0.05, 0) is 52.2 Å². The van der Waals surface area contributed by atoms with Crippen molar-refractivity contribution in [3.63, 3.8) is 0 Å². The van der Waals surface area contributed by atoms with E-state index in [2.05, 4.69) is 0 Å². The molecule has 0 amide bonds. The molecule has 4 aliphatic heterocycles. The van der Waals surface area contributed by atoms with Gasteiger partial charge in [0.2, 0.25) is 0 Å². The fourth-order valence-corrected chi connectivity index (χ4v) is 7.85. The van der Waals surface area contributed by atoms with Gasteiger partial charge >= 0.3 is 17.9 Å². The fraction of sp³-hybridized carbons (Fsp3) is 0.805. The van der Waals surface area contributed by atoms with Crippen LogP contribution in [0.2, 0.25) is 0 Å². The number of cyclic esters (lactones) is 1. The van der Waals surface area contributed by atoms with Crippen LogP contribution >= 0.6 is 0 Å². The Balaban J connectivity index is 1.57. The quantitative estimate of drug-likeness (QED) is 0.171. The monoisotopic (exact) mass is 812 g/mol. The molecule has 57 heavy (non-hydrogen) atoms. The van der Waals surface area contributed by atoms with Gasteiger partial charge in [-0.3, -0.25) is 14.4 Å². The molecule has 0 aromatic rings. The smallest absolute Gasteiger partial charge is 0.330 e. The lowest BCUT2D eigenvalue weighted by Crippen LogP contribution is -2.60. The molecule has 4 rings (SSSR count). The molecular formula is C41H64O16. The number of ketones is 1. The molecule has 4 aliphatic rings. The highest BCUT2D eigenvalue weighted by Gasteiger charge is 2.51. The number of aliphatic hydroxyl groups is 1. The number of rotatable bonds is 12. The van der Waals surface area contributed by atoms with Crippen LogP contribution in [0.25, 0.3) is 0 Å². The van der Waals surface area contributed by atoms with Crippen LogP contribution in [0, 0.1) is 17.8 Å². The van der Waals surface area contributed by atoms with E-state index in [1.165, 1.54) is 40.4 Å². The minimum Gasteiger partial charge on any atom is -0.459 e. The van der Waals surface area contributed by atoms with E-state index in [0.717, 1.165) is 0 Å². The summed E-state index contributed by atoms with van der Waals surface area (Å²) in [6, 6.07) is 0. The average molecular weight is 813 g/mol. The highest BCUT2D eigenvalue weighted by molar-refractivity contribution is 5.96. The highest BCUT2D eigenvalue weighted by Crippen LogP contribution is 2.37. The van der Waals surface area contributed by atoms with E-state index in [-0.39, 0.29) is 32.0 Å². The first kappa shape index (κ1) is 46.9. The zero-order valence-electron chi connectivity index (χ0n) is 35.2. The fourth-order valence-electron chi connectivity index (χ4n) is 7.85. The predicted molar refractivity (Wildman–Crippen MR) is 201 cm³/mol. The number of epoxide rings is 1. The van der Waals surface area contributed by atoms with Gasteiger partial charge in [0.15, 0.2) is 30.6 Å². The Bertz CT molecular complexity index is 1410. The molecule has 0 radical (unpaired) electrons. The van der Waals surface area contributed by atoms with Crippen LogP contribution in [0.4, 0.5) is 0 Å². The summed E-state index contributed by atoms with van der Waals surface area (Å²) in [5, 5.41) is 11.5. The summed E-state index contributed by atoms with van der Waals surface area (Å²) < 4.78 is 65.6. The first-order valence-corrected chi connectivity index (χ1v) is 20.0. The molecule has 0 saturated carbocycles. The number of esters is 3. The van der Waals surface area contributed by atoms with Crippen LogP contribution in [-0.2, 0) is 71.3 Å². The highest BCUT2D eigenvalue weighted by atomic mass is 16.7. The van der Waals surface area contributed by atoms with Crippen molar-refractivity contribution in [2.24, 2.45) is 17.8 Å². The first-order chi connectivity index (χ1) is 27.0. The van der Waals surface area contributed by atoms with Gasteiger partial charge in [-0.1, -0.05) is 33.8 Å². The third-order valence-electron chi connectivity index (χ3n) is 11.2. The van der Waals surface area contributed by atoms with Crippen LogP contribution in [-0.4, -0.2) is 142 Å². The van der Waals surface area contributed by atoms with Crippen molar-refractivity contribution in [3.05, 3.63) is 24.3 Å². The van der Waals surface area contributed by atoms with Crippen LogP contribution in [0.15, 0.2) is 24.3 Å². The van der Waals surface area contributed by atoms with E-state index >= 15 is 0 Å². The van der Waals surface area contributed by atoms with Crippen LogP contribution in [0.1, 0.15) is 81.1 Å². The van der Waals surface area contributed by atoms with Gasteiger partial charge < -0.3 is 57.2 Å². The summed E-state index contributed by atoms with van der Waals surface area (Å²) in [6.07, 6.45) is -2.39. The van der Waals surface area contributed by atoms with E-state index in [4.69, 9.17) is 52.1 Å². The van der Waals surface area contributed by atoms with Crippen molar-refractivity contribution in [3.8, 4) is 0 Å². The molecule has 4 heterocycles. The summed E-state index contributed by atoms with van der Waals surface area (Å²) in [5.41, 5.74) is -1.80. The molecule has 3 saturated heterocycles.